The minimum absolute atomic E-state index is 0.575. The Morgan fingerprint density at radius 2 is 2.05 bits per heavy atom. The number of para-hydroxylation sites is 1. The average Bonchev–Trinajstić information content (AvgIpc) is 3.23. The predicted octanol–water partition coefficient (Wildman–Crippen LogP) is 2.88. The van der Waals surface area contributed by atoms with Crippen LogP contribution in [-0.4, -0.2) is 22.6 Å². The van der Waals surface area contributed by atoms with Gasteiger partial charge in [0.15, 0.2) is 0 Å². The Hall–Kier alpha value is -1.68. The second kappa shape index (κ2) is 5.13. The Morgan fingerprint density at radius 3 is 2.79 bits per heavy atom. The molecule has 3 rings (SSSR count). The van der Waals surface area contributed by atoms with E-state index in [-0.39, 0.29) is 0 Å². The minimum Gasteiger partial charge on any atom is -0.393 e. The van der Waals surface area contributed by atoms with Crippen molar-refractivity contribution in [3.63, 3.8) is 0 Å². The Labute approximate surface area is 118 Å². The molecule has 0 atom stereocenters. The molecule has 1 aromatic heterocycles. The van der Waals surface area contributed by atoms with E-state index in [1.165, 1.54) is 18.2 Å². The zero-order valence-electron chi connectivity index (χ0n) is 10.7. The van der Waals surface area contributed by atoms with Crippen molar-refractivity contribution in [2.75, 3.05) is 11.4 Å². The van der Waals surface area contributed by atoms with E-state index < -0.39 is 0 Å². The topological polar surface area (TPSA) is 42.1 Å². The largest absolute Gasteiger partial charge is 0.393 e. The number of hydrogen-bond donors (Lipinski definition) is 1. The second-order valence-corrected chi connectivity index (χ2v) is 5.53. The summed E-state index contributed by atoms with van der Waals surface area (Å²) in [6.45, 7) is 0.866. The number of pyridine rings is 1. The zero-order valence-corrected chi connectivity index (χ0v) is 11.6. The van der Waals surface area contributed by atoms with Crippen LogP contribution in [0, 0.1) is 0 Å². The van der Waals surface area contributed by atoms with Gasteiger partial charge in [-0.15, -0.1) is 0 Å². The summed E-state index contributed by atoms with van der Waals surface area (Å²) in [5.41, 5.74) is 6.66. The first-order valence-corrected chi connectivity index (χ1v) is 7.05. The molecule has 19 heavy (non-hydrogen) atoms. The van der Waals surface area contributed by atoms with Gasteiger partial charge < -0.3 is 10.6 Å². The fourth-order valence-corrected chi connectivity index (χ4v) is 2.41. The summed E-state index contributed by atoms with van der Waals surface area (Å²) in [5.74, 6) is 1.04. The molecule has 3 nitrogen and oxygen atoms in total. The van der Waals surface area contributed by atoms with Crippen LogP contribution < -0.4 is 10.6 Å². The lowest BCUT2D eigenvalue weighted by Gasteiger charge is -2.23. The van der Waals surface area contributed by atoms with Gasteiger partial charge >= 0.3 is 0 Å². The number of anilines is 1. The maximum absolute atomic E-state index is 5.61. The molecule has 98 valence electrons. The molecule has 0 aliphatic heterocycles. The van der Waals surface area contributed by atoms with Crippen LogP contribution in [0.5, 0.6) is 0 Å². The van der Waals surface area contributed by atoms with Crippen LogP contribution >= 0.6 is 12.2 Å². The highest BCUT2D eigenvalue weighted by atomic mass is 32.1. The third-order valence-electron chi connectivity index (χ3n) is 3.46. The molecule has 0 unspecified atom stereocenters. The van der Waals surface area contributed by atoms with E-state index in [0.717, 1.165) is 24.3 Å². The molecule has 0 amide bonds. The summed E-state index contributed by atoms with van der Waals surface area (Å²) in [5, 5.41) is 1.18. The average molecular weight is 271 g/mol. The van der Waals surface area contributed by atoms with E-state index in [0.29, 0.717) is 11.0 Å². The quantitative estimate of drug-likeness (QED) is 0.849. The van der Waals surface area contributed by atoms with Crippen molar-refractivity contribution in [3.8, 4) is 0 Å². The Morgan fingerprint density at radius 1 is 1.26 bits per heavy atom. The molecule has 1 aliphatic rings. The molecule has 1 saturated carbocycles. The van der Waals surface area contributed by atoms with Crippen molar-refractivity contribution in [1.29, 1.82) is 0 Å². The standard InChI is InChI=1S/C15H17N3S/c16-14(19)9-10-18(12-6-7-12)15-8-5-11-3-1-2-4-13(11)17-15/h1-5,8,12H,6-7,9-10H2,(H2,16,19). The monoisotopic (exact) mass is 271 g/mol. The van der Waals surface area contributed by atoms with Gasteiger partial charge in [0, 0.05) is 24.4 Å². The van der Waals surface area contributed by atoms with E-state index in [2.05, 4.69) is 29.2 Å². The lowest BCUT2D eigenvalue weighted by Crippen LogP contribution is -2.30. The molecule has 1 aromatic carbocycles. The fraction of sp³-hybridized carbons (Fsp3) is 0.333. The van der Waals surface area contributed by atoms with E-state index in [9.17, 15) is 0 Å². The summed E-state index contributed by atoms with van der Waals surface area (Å²) in [7, 11) is 0. The summed E-state index contributed by atoms with van der Waals surface area (Å²) in [6, 6.07) is 13.0. The second-order valence-electron chi connectivity index (χ2n) is 5.00. The van der Waals surface area contributed by atoms with Crippen molar-refractivity contribution in [2.24, 2.45) is 5.73 Å². The Kier molecular flexibility index (Phi) is 3.34. The first kappa shape index (κ1) is 12.4. The van der Waals surface area contributed by atoms with Crippen LogP contribution in [0.25, 0.3) is 10.9 Å². The SMILES string of the molecule is NC(=S)CCN(c1ccc2ccccc2n1)C1CC1. The smallest absolute Gasteiger partial charge is 0.129 e. The number of rotatable bonds is 5. The number of aromatic nitrogens is 1. The molecule has 2 aromatic rings. The fourth-order valence-electron chi connectivity index (χ4n) is 2.32. The van der Waals surface area contributed by atoms with Gasteiger partial charge in [-0.3, -0.25) is 0 Å². The van der Waals surface area contributed by atoms with Gasteiger partial charge in [0.25, 0.3) is 0 Å². The molecule has 1 fully saturated rings. The van der Waals surface area contributed by atoms with Crippen LogP contribution in [0.1, 0.15) is 19.3 Å². The van der Waals surface area contributed by atoms with Crippen molar-refractivity contribution in [2.45, 2.75) is 25.3 Å². The van der Waals surface area contributed by atoms with Crippen LogP contribution in [0.4, 0.5) is 5.82 Å². The van der Waals surface area contributed by atoms with Crippen molar-refractivity contribution in [3.05, 3.63) is 36.4 Å². The number of nitrogens with zero attached hydrogens (tertiary/aromatic N) is 2. The highest BCUT2D eigenvalue weighted by molar-refractivity contribution is 7.80. The summed E-state index contributed by atoms with van der Waals surface area (Å²) in [4.78, 5) is 7.67. The van der Waals surface area contributed by atoms with Gasteiger partial charge in [-0.1, -0.05) is 30.4 Å². The minimum atomic E-state index is 0.575. The van der Waals surface area contributed by atoms with Crippen LogP contribution in [0.15, 0.2) is 36.4 Å². The number of nitrogens with two attached hydrogens (primary N) is 1. The third-order valence-corrected chi connectivity index (χ3v) is 3.67. The van der Waals surface area contributed by atoms with E-state index >= 15 is 0 Å². The van der Waals surface area contributed by atoms with Crippen LogP contribution in [0.2, 0.25) is 0 Å². The van der Waals surface area contributed by atoms with Crippen LogP contribution in [0.3, 0.4) is 0 Å². The molecule has 0 bridgehead atoms. The molecule has 0 radical (unpaired) electrons. The lowest BCUT2D eigenvalue weighted by molar-refractivity contribution is 0.788. The summed E-state index contributed by atoms with van der Waals surface area (Å²) >= 11 is 4.98. The zero-order chi connectivity index (χ0) is 13.2. The van der Waals surface area contributed by atoms with Gasteiger partial charge in [0.2, 0.25) is 0 Å². The number of benzene rings is 1. The van der Waals surface area contributed by atoms with Gasteiger partial charge in [0.05, 0.1) is 10.5 Å². The molecule has 0 spiro atoms. The summed E-state index contributed by atoms with van der Waals surface area (Å²) < 4.78 is 0. The first-order chi connectivity index (χ1) is 9.24. The highest BCUT2D eigenvalue weighted by Crippen LogP contribution is 2.31. The lowest BCUT2D eigenvalue weighted by atomic mass is 10.2. The molecule has 1 heterocycles. The van der Waals surface area contributed by atoms with Crippen molar-refractivity contribution >= 4 is 33.9 Å². The van der Waals surface area contributed by atoms with Gasteiger partial charge in [-0.05, 0) is 31.0 Å². The summed E-state index contributed by atoms with van der Waals surface area (Å²) in [6.07, 6.45) is 3.23. The van der Waals surface area contributed by atoms with Crippen molar-refractivity contribution < 1.29 is 0 Å². The number of thiocarbonyl (C=S) groups is 1. The number of fused-ring (bicyclic) bond motifs is 1. The normalized spacial score (nSPS) is 14.5. The molecule has 2 N–H and O–H groups in total. The Bertz CT molecular complexity index is 607. The van der Waals surface area contributed by atoms with E-state index in [1.807, 2.05) is 12.1 Å². The molecular weight excluding hydrogens is 254 g/mol. The number of hydrogen-bond acceptors (Lipinski definition) is 3. The molecule has 0 saturated heterocycles. The van der Waals surface area contributed by atoms with Gasteiger partial charge in [-0.2, -0.15) is 0 Å². The first-order valence-electron chi connectivity index (χ1n) is 6.65. The Balaban J connectivity index is 1.88. The van der Waals surface area contributed by atoms with E-state index in [1.54, 1.807) is 0 Å². The maximum atomic E-state index is 5.61. The van der Waals surface area contributed by atoms with Gasteiger partial charge in [-0.25, -0.2) is 4.98 Å². The molecular formula is C15H17N3S. The third kappa shape index (κ3) is 2.84. The predicted molar refractivity (Wildman–Crippen MR) is 83.5 cm³/mol. The highest BCUT2D eigenvalue weighted by Gasteiger charge is 2.29. The van der Waals surface area contributed by atoms with E-state index in [4.69, 9.17) is 22.9 Å². The molecule has 4 heteroatoms. The molecule has 1 aliphatic carbocycles. The van der Waals surface area contributed by atoms with Crippen LogP contribution in [-0.2, 0) is 0 Å². The maximum Gasteiger partial charge on any atom is 0.129 e. The van der Waals surface area contributed by atoms with Gasteiger partial charge in [0.1, 0.15) is 5.82 Å². The van der Waals surface area contributed by atoms with Crippen molar-refractivity contribution in [1.82, 2.24) is 4.98 Å².